The lowest BCUT2D eigenvalue weighted by Crippen LogP contribution is -2.29. The molecule has 1 aromatic rings. The van der Waals surface area contributed by atoms with Gasteiger partial charge < -0.3 is 10.6 Å². The highest BCUT2D eigenvalue weighted by Gasteiger charge is 2.27. The Morgan fingerprint density at radius 3 is 2.93 bits per heavy atom. The second-order valence-electron chi connectivity index (χ2n) is 3.46. The zero-order valence-electron chi connectivity index (χ0n) is 7.92. The Hall–Kier alpha value is -1.50. The molecule has 1 amide bonds. The Morgan fingerprint density at radius 1 is 1.64 bits per heavy atom. The molecule has 0 aromatic carbocycles. The minimum Gasteiger partial charge on any atom is -0.333 e. The van der Waals surface area contributed by atoms with Crippen molar-refractivity contribution in [2.75, 3.05) is 6.54 Å². The number of aromatic nitrogens is 4. The van der Waals surface area contributed by atoms with Gasteiger partial charge >= 0.3 is 0 Å². The second-order valence-corrected chi connectivity index (χ2v) is 3.46. The van der Waals surface area contributed by atoms with E-state index in [2.05, 4.69) is 15.5 Å². The minimum atomic E-state index is -0.0521. The van der Waals surface area contributed by atoms with Gasteiger partial charge in [-0.1, -0.05) is 0 Å². The number of hydrogen-bond acceptors (Lipinski definition) is 5. The Labute approximate surface area is 80.9 Å². The van der Waals surface area contributed by atoms with Crippen molar-refractivity contribution >= 4 is 5.91 Å². The maximum absolute atomic E-state index is 11.4. The number of tetrazole rings is 1. The summed E-state index contributed by atoms with van der Waals surface area (Å²) < 4.78 is 1.55. The van der Waals surface area contributed by atoms with E-state index in [-0.39, 0.29) is 11.9 Å². The highest BCUT2D eigenvalue weighted by atomic mass is 16.2. The molecule has 14 heavy (non-hydrogen) atoms. The molecule has 1 atom stereocenters. The van der Waals surface area contributed by atoms with E-state index < -0.39 is 0 Å². The van der Waals surface area contributed by atoms with Crippen LogP contribution in [0.25, 0.3) is 0 Å². The summed E-state index contributed by atoms with van der Waals surface area (Å²) in [6.07, 6.45) is 0.422. The van der Waals surface area contributed by atoms with Gasteiger partial charge in [-0.05, 0) is 10.4 Å². The van der Waals surface area contributed by atoms with Crippen LogP contribution in [0.3, 0.4) is 0 Å². The van der Waals surface area contributed by atoms with Gasteiger partial charge in [-0.15, -0.1) is 5.10 Å². The van der Waals surface area contributed by atoms with Crippen molar-refractivity contribution in [1.82, 2.24) is 25.1 Å². The third-order valence-corrected chi connectivity index (χ3v) is 2.28. The van der Waals surface area contributed by atoms with Gasteiger partial charge in [-0.3, -0.25) is 4.79 Å². The van der Waals surface area contributed by atoms with E-state index >= 15 is 0 Å². The summed E-state index contributed by atoms with van der Waals surface area (Å²) in [5.74, 6) is 0.743. The third-order valence-electron chi connectivity index (χ3n) is 2.28. The van der Waals surface area contributed by atoms with Crippen molar-refractivity contribution in [3.8, 4) is 0 Å². The molecule has 0 saturated carbocycles. The smallest absolute Gasteiger partial charge is 0.224 e. The predicted octanol–water partition coefficient (Wildman–Crippen LogP) is -1.73. The first kappa shape index (κ1) is 9.07. The lowest BCUT2D eigenvalue weighted by molar-refractivity contribution is -0.128. The van der Waals surface area contributed by atoms with Gasteiger partial charge in [-0.2, -0.15) is 0 Å². The predicted molar refractivity (Wildman–Crippen MR) is 46.8 cm³/mol. The lowest BCUT2D eigenvalue weighted by atomic mass is 10.3. The van der Waals surface area contributed by atoms with Crippen LogP contribution in [0.2, 0.25) is 0 Å². The number of rotatable bonds is 2. The number of hydrogen-bond donors (Lipinski definition) is 1. The van der Waals surface area contributed by atoms with Crippen LogP contribution >= 0.6 is 0 Å². The SMILES string of the molecule is Cn1nnnc1CN1CC(N)CC1=O. The van der Waals surface area contributed by atoms with E-state index in [0.29, 0.717) is 25.3 Å². The number of likely N-dealkylation sites (tertiary alicyclic amines) is 1. The first-order valence-corrected chi connectivity index (χ1v) is 4.41. The standard InChI is InChI=1S/C7H12N6O/c1-12-6(9-10-11-12)4-13-3-5(8)2-7(13)14/h5H,2-4,8H2,1H3. The molecule has 1 aliphatic heterocycles. The molecule has 0 aliphatic carbocycles. The fourth-order valence-electron chi connectivity index (χ4n) is 1.51. The molecule has 7 heteroatoms. The van der Waals surface area contributed by atoms with Gasteiger partial charge in [0.05, 0.1) is 6.54 Å². The fraction of sp³-hybridized carbons (Fsp3) is 0.714. The van der Waals surface area contributed by atoms with Crippen molar-refractivity contribution < 1.29 is 4.79 Å². The topological polar surface area (TPSA) is 89.9 Å². The molecule has 0 spiro atoms. The van der Waals surface area contributed by atoms with Crippen LogP contribution in [-0.4, -0.2) is 43.6 Å². The first-order chi connectivity index (χ1) is 6.66. The second kappa shape index (κ2) is 3.33. The van der Waals surface area contributed by atoms with Crippen molar-refractivity contribution in [3.63, 3.8) is 0 Å². The molecule has 1 aliphatic rings. The van der Waals surface area contributed by atoms with E-state index in [9.17, 15) is 4.79 Å². The summed E-state index contributed by atoms with van der Waals surface area (Å²) in [6, 6.07) is -0.0521. The van der Waals surface area contributed by atoms with Gasteiger partial charge in [0.15, 0.2) is 5.82 Å². The number of nitrogens with two attached hydrogens (primary N) is 1. The van der Waals surface area contributed by atoms with Gasteiger partial charge in [-0.25, -0.2) is 4.68 Å². The largest absolute Gasteiger partial charge is 0.333 e. The number of amides is 1. The molecule has 1 aromatic heterocycles. The molecule has 2 N–H and O–H groups in total. The van der Waals surface area contributed by atoms with E-state index in [4.69, 9.17) is 5.73 Å². The number of aryl methyl sites for hydroxylation is 1. The van der Waals surface area contributed by atoms with E-state index in [0.717, 1.165) is 0 Å². The summed E-state index contributed by atoms with van der Waals surface area (Å²) in [5.41, 5.74) is 5.66. The maximum Gasteiger partial charge on any atom is 0.224 e. The van der Waals surface area contributed by atoms with Crippen molar-refractivity contribution in [1.29, 1.82) is 0 Å². The Morgan fingerprint density at radius 2 is 2.43 bits per heavy atom. The highest BCUT2D eigenvalue weighted by molar-refractivity contribution is 5.79. The van der Waals surface area contributed by atoms with Crippen LogP contribution in [0.1, 0.15) is 12.2 Å². The molecule has 0 radical (unpaired) electrons. The van der Waals surface area contributed by atoms with Gasteiger partial charge in [0.25, 0.3) is 0 Å². The van der Waals surface area contributed by atoms with Gasteiger partial charge in [0, 0.05) is 26.1 Å². The first-order valence-electron chi connectivity index (χ1n) is 4.41. The summed E-state index contributed by atoms with van der Waals surface area (Å²) in [7, 11) is 1.75. The fourth-order valence-corrected chi connectivity index (χ4v) is 1.51. The van der Waals surface area contributed by atoms with Crippen LogP contribution in [0.5, 0.6) is 0 Å². The van der Waals surface area contributed by atoms with E-state index in [1.807, 2.05) is 0 Å². The highest BCUT2D eigenvalue weighted by Crippen LogP contribution is 2.11. The van der Waals surface area contributed by atoms with Gasteiger partial charge in [0.1, 0.15) is 0 Å². The Balaban J connectivity index is 2.05. The monoisotopic (exact) mass is 196 g/mol. The van der Waals surface area contributed by atoms with Crippen LogP contribution in [0.15, 0.2) is 0 Å². The van der Waals surface area contributed by atoms with Crippen molar-refractivity contribution in [2.45, 2.75) is 19.0 Å². The quantitative estimate of drug-likeness (QED) is 0.607. The zero-order chi connectivity index (χ0) is 10.1. The number of nitrogens with zero attached hydrogens (tertiary/aromatic N) is 5. The van der Waals surface area contributed by atoms with E-state index in [1.54, 1.807) is 16.6 Å². The van der Waals surface area contributed by atoms with Crippen LogP contribution in [0.4, 0.5) is 0 Å². The summed E-state index contributed by atoms with van der Waals surface area (Å²) in [4.78, 5) is 13.1. The molecular weight excluding hydrogens is 184 g/mol. The Kier molecular flexibility index (Phi) is 2.16. The third kappa shape index (κ3) is 1.58. The normalized spacial score (nSPS) is 22.0. The molecule has 1 saturated heterocycles. The van der Waals surface area contributed by atoms with Crippen LogP contribution in [0, 0.1) is 0 Å². The minimum absolute atomic E-state index is 0.0521. The maximum atomic E-state index is 11.4. The molecule has 2 rings (SSSR count). The number of carbonyl (C=O) groups is 1. The van der Waals surface area contributed by atoms with Crippen molar-refractivity contribution in [2.24, 2.45) is 12.8 Å². The zero-order valence-corrected chi connectivity index (χ0v) is 7.92. The average molecular weight is 196 g/mol. The summed E-state index contributed by atoms with van der Waals surface area (Å²) in [6.45, 7) is 1.03. The average Bonchev–Trinajstić information content (AvgIpc) is 2.62. The molecule has 2 heterocycles. The van der Waals surface area contributed by atoms with Crippen molar-refractivity contribution in [3.05, 3.63) is 5.82 Å². The van der Waals surface area contributed by atoms with Crippen LogP contribution in [-0.2, 0) is 18.4 Å². The Bertz CT molecular complexity index is 348. The summed E-state index contributed by atoms with van der Waals surface area (Å²) >= 11 is 0. The molecule has 0 bridgehead atoms. The van der Waals surface area contributed by atoms with E-state index in [1.165, 1.54) is 0 Å². The van der Waals surface area contributed by atoms with Gasteiger partial charge in [0.2, 0.25) is 5.91 Å². The lowest BCUT2D eigenvalue weighted by Gasteiger charge is -2.13. The molecule has 1 fully saturated rings. The summed E-state index contributed by atoms with van der Waals surface area (Å²) in [5, 5.41) is 11.0. The molecule has 1 unspecified atom stereocenters. The number of carbonyl (C=O) groups excluding carboxylic acids is 1. The molecular formula is C7H12N6O. The molecule has 7 nitrogen and oxygen atoms in total. The van der Waals surface area contributed by atoms with Crippen LogP contribution < -0.4 is 5.73 Å². The molecule has 76 valence electrons.